The summed E-state index contributed by atoms with van der Waals surface area (Å²) in [7, 11) is -2.90. The molecule has 8 heteroatoms. The first-order valence-corrected chi connectivity index (χ1v) is 12.9. The lowest BCUT2D eigenvalue weighted by molar-refractivity contribution is 0.0589. The SMILES string of the molecule is O=C(c1cc(-c2cccs2)nc2ccccc12)N1CCN(C2CCS(=O)(=O)C2)CC1. The van der Waals surface area contributed by atoms with Crippen LogP contribution in [0.1, 0.15) is 16.8 Å². The first kappa shape index (κ1) is 19.7. The van der Waals surface area contributed by atoms with E-state index in [1.165, 1.54) is 0 Å². The molecule has 1 aromatic carbocycles. The summed E-state index contributed by atoms with van der Waals surface area (Å²) >= 11 is 1.61. The van der Waals surface area contributed by atoms with Gasteiger partial charge < -0.3 is 4.90 Å². The van der Waals surface area contributed by atoms with Gasteiger partial charge >= 0.3 is 0 Å². The summed E-state index contributed by atoms with van der Waals surface area (Å²) in [6, 6.07) is 13.8. The fraction of sp³-hybridized carbons (Fsp3) is 0.364. The molecule has 2 aliphatic heterocycles. The van der Waals surface area contributed by atoms with Crippen molar-refractivity contribution in [3.05, 3.63) is 53.4 Å². The van der Waals surface area contributed by atoms with Crippen LogP contribution in [0, 0.1) is 0 Å². The smallest absolute Gasteiger partial charge is 0.254 e. The third kappa shape index (κ3) is 3.75. The zero-order chi connectivity index (χ0) is 20.7. The third-order valence-electron chi connectivity index (χ3n) is 6.05. The third-order valence-corrected chi connectivity index (χ3v) is 8.69. The molecule has 0 spiro atoms. The quantitative estimate of drug-likeness (QED) is 0.625. The standard InChI is InChI=1S/C22H23N3O3S2/c26-22(25-10-8-24(9-11-25)16-7-13-30(27,28)15-16)18-14-20(21-6-3-12-29-21)23-19-5-2-1-4-17(18)19/h1-6,12,14,16H,7-11,13,15H2. The number of rotatable bonds is 3. The largest absolute Gasteiger partial charge is 0.336 e. The van der Waals surface area contributed by atoms with E-state index in [4.69, 9.17) is 4.98 Å². The summed E-state index contributed by atoms with van der Waals surface area (Å²) < 4.78 is 23.6. The van der Waals surface area contributed by atoms with Crippen molar-refractivity contribution < 1.29 is 13.2 Å². The minimum atomic E-state index is -2.90. The number of piperazine rings is 1. The number of carbonyl (C=O) groups is 1. The molecular weight excluding hydrogens is 418 g/mol. The average Bonchev–Trinajstić information content (AvgIpc) is 3.42. The number of amides is 1. The normalized spacial score (nSPS) is 21.9. The van der Waals surface area contributed by atoms with Crippen LogP contribution in [-0.2, 0) is 9.84 Å². The Balaban J connectivity index is 1.39. The number of nitrogens with zero attached hydrogens (tertiary/aromatic N) is 3. The number of thiophene rings is 1. The summed E-state index contributed by atoms with van der Waals surface area (Å²) in [6.45, 7) is 2.65. The van der Waals surface area contributed by atoms with Gasteiger partial charge in [0.25, 0.3) is 5.91 Å². The fourth-order valence-electron chi connectivity index (χ4n) is 4.43. The van der Waals surface area contributed by atoms with Crippen LogP contribution in [0.15, 0.2) is 47.8 Å². The van der Waals surface area contributed by atoms with Gasteiger partial charge in [-0.25, -0.2) is 13.4 Å². The molecule has 2 saturated heterocycles. The Labute approximate surface area is 180 Å². The molecular formula is C22H23N3O3S2. The maximum absolute atomic E-state index is 13.5. The number of para-hydroxylation sites is 1. The van der Waals surface area contributed by atoms with Crippen molar-refractivity contribution in [1.82, 2.24) is 14.8 Å². The summed E-state index contributed by atoms with van der Waals surface area (Å²) in [4.78, 5) is 23.4. The molecule has 0 radical (unpaired) electrons. The Morgan fingerprint density at radius 1 is 1.07 bits per heavy atom. The Kier molecular flexibility index (Phi) is 5.08. The van der Waals surface area contributed by atoms with Crippen LogP contribution in [0.2, 0.25) is 0 Å². The molecule has 6 nitrogen and oxygen atoms in total. The summed E-state index contributed by atoms with van der Waals surface area (Å²) in [6.07, 6.45) is 0.704. The van der Waals surface area contributed by atoms with Crippen LogP contribution in [-0.4, -0.2) is 72.8 Å². The molecule has 156 valence electrons. The highest BCUT2D eigenvalue weighted by Gasteiger charge is 2.34. The van der Waals surface area contributed by atoms with E-state index in [2.05, 4.69) is 4.90 Å². The topological polar surface area (TPSA) is 70.6 Å². The molecule has 4 heterocycles. The minimum absolute atomic E-state index is 0.0186. The molecule has 1 atom stereocenters. The first-order valence-electron chi connectivity index (χ1n) is 10.2. The molecule has 2 fully saturated rings. The number of carbonyl (C=O) groups excluding carboxylic acids is 1. The molecule has 1 unspecified atom stereocenters. The van der Waals surface area contributed by atoms with Gasteiger partial charge in [0.15, 0.2) is 9.84 Å². The maximum Gasteiger partial charge on any atom is 0.254 e. The maximum atomic E-state index is 13.5. The van der Waals surface area contributed by atoms with Crippen molar-refractivity contribution >= 4 is 38.0 Å². The van der Waals surface area contributed by atoms with E-state index in [1.54, 1.807) is 11.3 Å². The van der Waals surface area contributed by atoms with Crippen LogP contribution in [0.5, 0.6) is 0 Å². The van der Waals surface area contributed by atoms with E-state index in [-0.39, 0.29) is 23.5 Å². The van der Waals surface area contributed by atoms with Crippen molar-refractivity contribution in [1.29, 1.82) is 0 Å². The van der Waals surface area contributed by atoms with Gasteiger partial charge in [0, 0.05) is 37.6 Å². The van der Waals surface area contributed by atoms with Crippen molar-refractivity contribution in [2.24, 2.45) is 0 Å². The van der Waals surface area contributed by atoms with Crippen LogP contribution in [0.4, 0.5) is 0 Å². The van der Waals surface area contributed by atoms with Crippen molar-refractivity contribution in [3.8, 4) is 10.6 Å². The number of fused-ring (bicyclic) bond motifs is 1. The second kappa shape index (κ2) is 7.76. The Bertz CT molecular complexity index is 1180. The van der Waals surface area contributed by atoms with Gasteiger partial charge in [-0.3, -0.25) is 9.69 Å². The van der Waals surface area contributed by atoms with E-state index in [9.17, 15) is 13.2 Å². The molecule has 0 N–H and O–H groups in total. The first-order chi connectivity index (χ1) is 14.5. The molecule has 1 amide bonds. The number of aromatic nitrogens is 1. The van der Waals surface area contributed by atoms with E-state index >= 15 is 0 Å². The summed E-state index contributed by atoms with van der Waals surface area (Å²) in [5.41, 5.74) is 2.32. The van der Waals surface area contributed by atoms with Gasteiger partial charge in [0.05, 0.1) is 33.2 Å². The van der Waals surface area contributed by atoms with Crippen LogP contribution >= 0.6 is 11.3 Å². The molecule has 2 aliphatic rings. The van der Waals surface area contributed by atoms with Crippen molar-refractivity contribution in [3.63, 3.8) is 0 Å². The lowest BCUT2D eigenvalue weighted by atomic mass is 10.0. The Hall–Kier alpha value is -2.29. The fourth-order valence-corrected chi connectivity index (χ4v) is 6.87. The van der Waals surface area contributed by atoms with E-state index in [1.807, 2.05) is 52.7 Å². The second-order valence-corrected chi connectivity index (χ2v) is 11.1. The van der Waals surface area contributed by atoms with Gasteiger partial charge in [0.2, 0.25) is 0 Å². The Morgan fingerprint density at radius 2 is 1.87 bits per heavy atom. The Morgan fingerprint density at radius 3 is 2.57 bits per heavy atom. The lowest BCUT2D eigenvalue weighted by Crippen LogP contribution is -2.52. The molecule has 0 saturated carbocycles. The molecule has 3 aromatic rings. The van der Waals surface area contributed by atoms with Gasteiger partial charge in [-0.15, -0.1) is 11.3 Å². The highest BCUT2D eigenvalue weighted by Crippen LogP contribution is 2.29. The van der Waals surface area contributed by atoms with Crippen LogP contribution in [0.25, 0.3) is 21.5 Å². The average molecular weight is 442 g/mol. The molecule has 30 heavy (non-hydrogen) atoms. The predicted octanol–water partition coefficient (Wildman–Crippen LogP) is 2.91. The number of hydrogen-bond acceptors (Lipinski definition) is 6. The summed E-state index contributed by atoms with van der Waals surface area (Å²) in [5, 5.41) is 2.88. The monoisotopic (exact) mass is 441 g/mol. The molecule has 5 rings (SSSR count). The van der Waals surface area contributed by atoms with Gasteiger partial charge in [-0.05, 0) is 30.0 Å². The zero-order valence-corrected chi connectivity index (χ0v) is 18.2. The number of benzene rings is 1. The van der Waals surface area contributed by atoms with E-state index < -0.39 is 9.84 Å². The van der Waals surface area contributed by atoms with Gasteiger partial charge in [0.1, 0.15) is 0 Å². The van der Waals surface area contributed by atoms with Crippen LogP contribution < -0.4 is 0 Å². The highest BCUT2D eigenvalue weighted by atomic mass is 32.2. The van der Waals surface area contributed by atoms with E-state index in [0.29, 0.717) is 38.2 Å². The number of sulfone groups is 1. The highest BCUT2D eigenvalue weighted by molar-refractivity contribution is 7.91. The number of hydrogen-bond donors (Lipinski definition) is 0. The zero-order valence-electron chi connectivity index (χ0n) is 16.5. The van der Waals surface area contributed by atoms with Crippen molar-refractivity contribution in [2.75, 3.05) is 37.7 Å². The van der Waals surface area contributed by atoms with Gasteiger partial charge in [-0.1, -0.05) is 24.3 Å². The van der Waals surface area contributed by atoms with Crippen LogP contribution in [0.3, 0.4) is 0 Å². The number of pyridine rings is 1. The van der Waals surface area contributed by atoms with E-state index in [0.717, 1.165) is 21.5 Å². The summed E-state index contributed by atoms with van der Waals surface area (Å²) in [5.74, 6) is 0.552. The molecule has 0 aliphatic carbocycles. The minimum Gasteiger partial charge on any atom is -0.336 e. The molecule has 2 aromatic heterocycles. The molecule has 0 bridgehead atoms. The second-order valence-electron chi connectivity index (χ2n) is 7.93. The lowest BCUT2D eigenvalue weighted by Gasteiger charge is -2.37. The predicted molar refractivity (Wildman–Crippen MR) is 120 cm³/mol. The van der Waals surface area contributed by atoms with Crippen molar-refractivity contribution in [2.45, 2.75) is 12.5 Å². The van der Waals surface area contributed by atoms with Gasteiger partial charge in [-0.2, -0.15) is 0 Å².